The maximum Gasteiger partial charge on any atom is 0.261 e. The fourth-order valence-corrected chi connectivity index (χ4v) is 2.53. The standard InChI is InChI=1S/C13H11N3O2S/c14-9-10-1-5-12(6-2-10)16-19(17,18)13-7-3-11(15)4-8-13/h1-8,16H,15H2. The number of anilines is 2. The van der Waals surface area contributed by atoms with Gasteiger partial charge in [0.15, 0.2) is 0 Å². The summed E-state index contributed by atoms with van der Waals surface area (Å²) in [7, 11) is -3.64. The molecule has 0 bridgehead atoms. The molecule has 0 aliphatic rings. The van der Waals surface area contributed by atoms with Crippen LogP contribution in [0.25, 0.3) is 0 Å². The normalized spacial score (nSPS) is 10.7. The molecular weight excluding hydrogens is 262 g/mol. The van der Waals surface area contributed by atoms with Gasteiger partial charge in [-0.3, -0.25) is 4.72 Å². The van der Waals surface area contributed by atoms with Crippen LogP contribution in [0.15, 0.2) is 53.4 Å². The van der Waals surface area contributed by atoms with Crippen molar-refractivity contribution in [2.75, 3.05) is 10.5 Å². The Morgan fingerprint density at radius 2 is 1.58 bits per heavy atom. The van der Waals surface area contributed by atoms with Crippen LogP contribution in [0.5, 0.6) is 0 Å². The average molecular weight is 273 g/mol. The largest absolute Gasteiger partial charge is 0.399 e. The molecule has 0 unspecified atom stereocenters. The molecule has 0 radical (unpaired) electrons. The van der Waals surface area contributed by atoms with E-state index >= 15 is 0 Å². The lowest BCUT2D eigenvalue weighted by atomic mass is 10.2. The summed E-state index contributed by atoms with van der Waals surface area (Å²) in [5, 5.41) is 8.66. The molecule has 2 aromatic rings. The first kappa shape index (κ1) is 12.9. The highest BCUT2D eigenvalue weighted by atomic mass is 32.2. The Balaban J connectivity index is 2.26. The number of hydrogen-bond donors (Lipinski definition) is 2. The number of nitrogens with one attached hydrogen (secondary N) is 1. The zero-order valence-electron chi connectivity index (χ0n) is 9.87. The van der Waals surface area contributed by atoms with E-state index in [1.165, 1.54) is 36.4 Å². The first-order chi connectivity index (χ1) is 9.01. The fraction of sp³-hybridized carbons (Fsp3) is 0. The van der Waals surface area contributed by atoms with Crippen LogP contribution in [-0.4, -0.2) is 8.42 Å². The minimum atomic E-state index is -3.64. The van der Waals surface area contributed by atoms with Gasteiger partial charge in [0, 0.05) is 11.4 Å². The summed E-state index contributed by atoms with van der Waals surface area (Å²) in [6, 6.07) is 14.0. The molecule has 0 aliphatic heterocycles. The summed E-state index contributed by atoms with van der Waals surface area (Å²) < 4.78 is 26.5. The molecule has 2 aromatic carbocycles. The van der Waals surface area contributed by atoms with Crippen LogP contribution >= 0.6 is 0 Å². The Kier molecular flexibility index (Phi) is 3.40. The van der Waals surface area contributed by atoms with E-state index in [0.717, 1.165) is 0 Å². The number of benzene rings is 2. The van der Waals surface area contributed by atoms with Crippen molar-refractivity contribution in [2.24, 2.45) is 0 Å². The van der Waals surface area contributed by atoms with Gasteiger partial charge in [-0.25, -0.2) is 8.42 Å². The molecule has 0 amide bonds. The van der Waals surface area contributed by atoms with Crippen molar-refractivity contribution in [3.05, 3.63) is 54.1 Å². The van der Waals surface area contributed by atoms with Crippen LogP contribution in [0.4, 0.5) is 11.4 Å². The summed E-state index contributed by atoms with van der Waals surface area (Å²) >= 11 is 0. The molecule has 0 atom stereocenters. The van der Waals surface area contributed by atoms with Gasteiger partial charge in [0.25, 0.3) is 10.0 Å². The molecule has 6 heteroatoms. The molecule has 0 aromatic heterocycles. The van der Waals surface area contributed by atoms with Crippen molar-refractivity contribution in [1.29, 1.82) is 5.26 Å². The van der Waals surface area contributed by atoms with Gasteiger partial charge in [-0.05, 0) is 48.5 Å². The number of nitrogens with zero attached hydrogens (tertiary/aromatic N) is 1. The van der Waals surface area contributed by atoms with Crippen molar-refractivity contribution >= 4 is 21.4 Å². The van der Waals surface area contributed by atoms with Crippen molar-refractivity contribution in [3.63, 3.8) is 0 Å². The molecule has 0 spiro atoms. The Morgan fingerprint density at radius 1 is 1.00 bits per heavy atom. The minimum Gasteiger partial charge on any atom is -0.399 e. The molecular formula is C13H11N3O2S. The monoisotopic (exact) mass is 273 g/mol. The third-order valence-electron chi connectivity index (χ3n) is 2.46. The van der Waals surface area contributed by atoms with Gasteiger partial charge in [0.05, 0.1) is 16.5 Å². The molecule has 96 valence electrons. The first-order valence-electron chi connectivity index (χ1n) is 5.40. The number of nitrogens with two attached hydrogens (primary N) is 1. The Hall–Kier alpha value is -2.52. The van der Waals surface area contributed by atoms with E-state index in [2.05, 4.69) is 4.72 Å². The van der Waals surface area contributed by atoms with Crippen LogP contribution in [-0.2, 0) is 10.0 Å². The van der Waals surface area contributed by atoms with Gasteiger partial charge < -0.3 is 5.73 Å². The van der Waals surface area contributed by atoms with Gasteiger partial charge in [-0.15, -0.1) is 0 Å². The van der Waals surface area contributed by atoms with Crippen molar-refractivity contribution in [2.45, 2.75) is 4.90 Å². The molecule has 5 nitrogen and oxygen atoms in total. The number of nitrogen functional groups attached to an aromatic ring is 1. The van der Waals surface area contributed by atoms with Crippen molar-refractivity contribution in [1.82, 2.24) is 0 Å². The molecule has 0 saturated carbocycles. The predicted molar refractivity (Wildman–Crippen MR) is 72.8 cm³/mol. The molecule has 0 heterocycles. The van der Waals surface area contributed by atoms with E-state index in [1.54, 1.807) is 12.1 Å². The summed E-state index contributed by atoms with van der Waals surface area (Å²) in [6.45, 7) is 0. The second-order valence-corrected chi connectivity index (χ2v) is 5.55. The summed E-state index contributed by atoms with van der Waals surface area (Å²) in [5.74, 6) is 0. The lowest BCUT2D eigenvalue weighted by molar-refractivity contribution is 0.601. The summed E-state index contributed by atoms with van der Waals surface area (Å²) in [4.78, 5) is 0.131. The molecule has 19 heavy (non-hydrogen) atoms. The third kappa shape index (κ3) is 3.03. The van der Waals surface area contributed by atoms with Gasteiger partial charge in [-0.2, -0.15) is 5.26 Å². The van der Waals surface area contributed by atoms with E-state index < -0.39 is 10.0 Å². The average Bonchev–Trinajstić information content (AvgIpc) is 2.40. The van der Waals surface area contributed by atoms with E-state index in [4.69, 9.17) is 11.0 Å². The summed E-state index contributed by atoms with van der Waals surface area (Å²) in [5.41, 5.74) is 6.87. The zero-order chi connectivity index (χ0) is 13.9. The van der Waals surface area contributed by atoms with Gasteiger partial charge in [0.1, 0.15) is 0 Å². The minimum absolute atomic E-state index is 0.131. The van der Waals surface area contributed by atoms with Crippen molar-refractivity contribution < 1.29 is 8.42 Å². The smallest absolute Gasteiger partial charge is 0.261 e. The Labute approximate surface area is 111 Å². The Bertz CT molecular complexity index is 714. The van der Waals surface area contributed by atoms with E-state index in [1.807, 2.05) is 6.07 Å². The van der Waals surface area contributed by atoms with E-state index in [-0.39, 0.29) is 4.90 Å². The van der Waals surface area contributed by atoms with Crippen LogP contribution in [0.1, 0.15) is 5.56 Å². The second kappa shape index (κ2) is 5.00. The van der Waals surface area contributed by atoms with Crippen molar-refractivity contribution in [3.8, 4) is 6.07 Å². The van der Waals surface area contributed by atoms with Crippen LogP contribution in [0.2, 0.25) is 0 Å². The SMILES string of the molecule is N#Cc1ccc(NS(=O)(=O)c2ccc(N)cc2)cc1. The fourth-order valence-electron chi connectivity index (χ4n) is 1.47. The second-order valence-electron chi connectivity index (χ2n) is 3.86. The quantitative estimate of drug-likeness (QED) is 0.835. The van der Waals surface area contributed by atoms with E-state index in [0.29, 0.717) is 16.9 Å². The molecule has 3 N–H and O–H groups in total. The molecule has 0 saturated heterocycles. The zero-order valence-corrected chi connectivity index (χ0v) is 10.7. The van der Waals surface area contributed by atoms with Gasteiger partial charge >= 0.3 is 0 Å². The van der Waals surface area contributed by atoms with E-state index in [9.17, 15) is 8.42 Å². The number of hydrogen-bond acceptors (Lipinski definition) is 4. The highest BCUT2D eigenvalue weighted by Crippen LogP contribution is 2.17. The first-order valence-corrected chi connectivity index (χ1v) is 6.88. The van der Waals surface area contributed by atoms with Gasteiger partial charge in [-0.1, -0.05) is 0 Å². The maximum atomic E-state index is 12.1. The number of sulfonamides is 1. The number of nitriles is 1. The van der Waals surface area contributed by atoms with Crippen LogP contribution in [0.3, 0.4) is 0 Å². The van der Waals surface area contributed by atoms with Crippen LogP contribution in [0, 0.1) is 11.3 Å². The number of rotatable bonds is 3. The molecule has 2 rings (SSSR count). The molecule has 0 aliphatic carbocycles. The lowest BCUT2D eigenvalue weighted by Gasteiger charge is -2.08. The topological polar surface area (TPSA) is 96.0 Å². The highest BCUT2D eigenvalue weighted by Gasteiger charge is 2.13. The third-order valence-corrected chi connectivity index (χ3v) is 3.85. The Morgan fingerprint density at radius 3 is 2.11 bits per heavy atom. The molecule has 0 fully saturated rings. The lowest BCUT2D eigenvalue weighted by Crippen LogP contribution is -2.12. The summed E-state index contributed by atoms with van der Waals surface area (Å²) in [6.07, 6.45) is 0. The van der Waals surface area contributed by atoms with Gasteiger partial charge in [0.2, 0.25) is 0 Å². The van der Waals surface area contributed by atoms with Crippen LogP contribution < -0.4 is 10.5 Å². The highest BCUT2D eigenvalue weighted by molar-refractivity contribution is 7.92. The maximum absolute atomic E-state index is 12.1. The predicted octanol–water partition coefficient (Wildman–Crippen LogP) is 1.94.